The molecule has 2 aromatic rings. The third-order valence-electron chi connectivity index (χ3n) is 2.50. The van der Waals surface area contributed by atoms with E-state index in [-0.39, 0.29) is 11.7 Å². The highest BCUT2D eigenvalue weighted by atomic mass is 32.1. The third-order valence-corrected chi connectivity index (χ3v) is 3.60. The van der Waals surface area contributed by atoms with E-state index in [9.17, 15) is 9.18 Å². The van der Waals surface area contributed by atoms with Crippen molar-refractivity contribution < 1.29 is 9.18 Å². The number of hydrogen-bond donors (Lipinski definition) is 1. The molecule has 0 saturated heterocycles. The Kier molecular flexibility index (Phi) is 3.43. The van der Waals surface area contributed by atoms with Gasteiger partial charge in [0.05, 0.1) is 5.54 Å². The predicted molar refractivity (Wildman–Crippen MR) is 69.0 cm³/mol. The molecule has 18 heavy (non-hydrogen) atoms. The highest BCUT2D eigenvalue weighted by Crippen LogP contribution is 2.22. The van der Waals surface area contributed by atoms with Crippen LogP contribution >= 0.6 is 11.3 Å². The second-order valence-corrected chi connectivity index (χ2v) is 5.32. The first kappa shape index (κ1) is 12.7. The minimum absolute atomic E-state index is 0.241. The molecule has 0 atom stereocenters. The molecule has 1 heterocycles. The maximum atomic E-state index is 12.8. The quantitative estimate of drug-likeness (QED) is 0.926. The molecule has 5 heteroatoms. The number of nitrogens with zero attached hydrogens (tertiary/aromatic N) is 1. The number of hydrogen-bond acceptors (Lipinski definition) is 3. The van der Waals surface area contributed by atoms with Crippen LogP contribution in [-0.2, 0) is 5.54 Å². The van der Waals surface area contributed by atoms with Crippen LogP contribution in [0.1, 0.15) is 29.2 Å². The average molecular weight is 264 g/mol. The summed E-state index contributed by atoms with van der Waals surface area (Å²) in [7, 11) is 0. The highest BCUT2D eigenvalue weighted by molar-refractivity contribution is 7.09. The van der Waals surface area contributed by atoms with E-state index in [0.717, 1.165) is 5.01 Å². The van der Waals surface area contributed by atoms with Gasteiger partial charge >= 0.3 is 0 Å². The number of carbonyl (C=O) groups excluding carboxylic acids is 1. The molecule has 1 N–H and O–H groups in total. The summed E-state index contributed by atoms with van der Waals surface area (Å²) in [5.74, 6) is -0.596. The Bertz CT molecular complexity index is 535. The zero-order valence-electron chi connectivity index (χ0n) is 10.1. The molecule has 0 radical (unpaired) electrons. The van der Waals surface area contributed by atoms with Crippen molar-refractivity contribution in [3.8, 4) is 0 Å². The van der Waals surface area contributed by atoms with Crippen molar-refractivity contribution in [1.29, 1.82) is 0 Å². The predicted octanol–water partition coefficient (Wildman–Crippen LogP) is 2.95. The Balaban J connectivity index is 2.14. The molecule has 0 bridgehead atoms. The Hall–Kier alpha value is -1.75. The second kappa shape index (κ2) is 4.86. The maximum Gasteiger partial charge on any atom is 0.252 e. The lowest BCUT2D eigenvalue weighted by Crippen LogP contribution is -2.40. The Labute approximate surface area is 109 Å². The number of aromatic nitrogens is 1. The Morgan fingerprint density at radius 2 is 2.00 bits per heavy atom. The van der Waals surface area contributed by atoms with E-state index in [2.05, 4.69) is 10.3 Å². The lowest BCUT2D eigenvalue weighted by Gasteiger charge is -2.23. The maximum absolute atomic E-state index is 12.8. The number of amides is 1. The highest BCUT2D eigenvalue weighted by Gasteiger charge is 2.25. The van der Waals surface area contributed by atoms with Gasteiger partial charge < -0.3 is 5.32 Å². The van der Waals surface area contributed by atoms with Crippen LogP contribution in [-0.4, -0.2) is 10.9 Å². The summed E-state index contributed by atoms with van der Waals surface area (Å²) in [5.41, 5.74) is -0.111. The molecule has 1 amide bonds. The van der Waals surface area contributed by atoms with E-state index in [1.165, 1.54) is 35.6 Å². The van der Waals surface area contributed by atoms with Crippen molar-refractivity contribution in [2.24, 2.45) is 0 Å². The normalized spacial score (nSPS) is 11.3. The molecule has 1 aromatic heterocycles. The van der Waals surface area contributed by atoms with Gasteiger partial charge in [0.1, 0.15) is 10.8 Å². The standard InChI is InChI=1S/C13H13FN2OS/c1-13(2,12-15-7-8-18-12)16-11(17)9-3-5-10(14)6-4-9/h3-8H,1-2H3,(H,16,17). The number of nitrogens with one attached hydrogen (secondary N) is 1. The van der Waals surface area contributed by atoms with Crippen molar-refractivity contribution in [2.45, 2.75) is 19.4 Å². The fourth-order valence-electron chi connectivity index (χ4n) is 1.54. The van der Waals surface area contributed by atoms with Crippen molar-refractivity contribution in [2.75, 3.05) is 0 Å². The van der Waals surface area contributed by atoms with Gasteiger partial charge in [0.2, 0.25) is 0 Å². The Morgan fingerprint density at radius 1 is 1.33 bits per heavy atom. The van der Waals surface area contributed by atoms with Crippen molar-refractivity contribution in [3.63, 3.8) is 0 Å². The van der Waals surface area contributed by atoms with Crippen molar-refractivity contribution >= 4 is 17.2 Å². The van der Waals surface area contributed by atoms with Gasteiger partial charge in [-0.05, 0) is 38.1 Å². The lowest BCUT2D eigenvalue weighted by molar-refractivity contribution is 0.0912. The fourth-order valence-corrected chi connectivity index (χ4v) is 2.26. The van der Waals surface area contributed by atoms with Crippen molar-refractivity contribution in [3.05, 3.63) is 52.2 Å². The molecule has 1 aromatic carbocycles. The lowest BCUT2D eigenvalue weighted by atomic mass is 10.1. The Morgan fingerprint density at radius 3 is 2.56 bits per heavy atom. The van der Waals surface area contributed by atoms with Gasteiger partial charge in [-0.2, -0.15) is 0 Å². The molecule has 0 aliphatic rings. The van der Waals surface area contributed by atoms with Crippen LogP contribution in [0, 0.1) is 5.82 Å². The molecular weight excluding hydrogens is 251 g/mol. The first-order chi connectivity index (χ1) is 8.49. The van der Waals surface area contributed by atoms with Gasteiger partial charge in [-0.3, -0.25) is 4.79 Å². The van der Waals surface area contributed by atoms with Gasteiger partial charge in [0.15, 0.2) is 0 Å². The second-order valence-electron chi connectivity index (χ2n) is 4.42. The number of rotatable bonds is 3. The fraction of sp³-hybridized carbons (Fsp3) is 0.231. The summed E-state index contributed by atoms with van der Waals surface area (Å²) in [6, 6.07) is 5.46. The van der Waals surface area contributed by atoms with Crippen LogP contribution in [0.4, 0.5) is 4.39 Å². The minimum Gasteiger partial charge on any atom is -0.341 e. The van der Waals surface area contributed by atoms with E-state index in [1.54, 1.807) is 6.20 Å². The van der Waals surface area contributed by atoms with Crippen LogP contribution in [0.25, 0.3) is 0 Å². The number of carbonyl (C=O) groups is 1. The van der Waals surface area contributed by atoms with E-state index < -0.39 is 5.54 Å². The molecule has 0 unspecified atom stereocenters. The number of halogens is 1. The number of thiazole rings is 1. The van der Waals surface area contributed by atoms with Gasteiger partial charge in [-0.15, -0.1) is 11.3 Å². The van der Waals surface area contributed by atoms with Crippen LogP contribution in [0.15, 0.2) is 35.8 Å². The molecule has 2 rings (SSSR count). The third kappa shape index (κ3) is 2.73. The van der Waals surface area contributed by atoms with E-state index >= 15 is 0 Å². The average Bonchev–Trinajstić information content (AvgIpc) is 2.83. The monoisotopic (exact) mass is 264 g/mol. The van der Waals surface area contributed by atoms with E-state index in [4.69, 9.17) is 0 Å². The molecule has 94 valence electrons. The summed E-state index contributed by atoms with van der Waals surface area (Å²) in [6.45, 7) is 3.76. The van der Waals surface area contributed by atoms with E-state index in [1.807, 2.05) is 19.2 Å². The van der Waals surface area contributed by atoms with E-state index in [0.29, 0.717) is 5.56 Å². The van der Waals surface area contributed by atoms with Gasteiger partial charge in [0.25, 0.3) is 5.91 Å². The molecule has 0 saturated carbocycles. The first-order valence-electron chi connectivity index (χ1n) is 5.47. The van der Waals surface area contributed by atoms with Crippen LogP contribution in [0.2, 0.25) is 0 Å². The van der Waals surface area contributed by atoms with Gasteiger partial charge in [-0.25, -0.2) is 9.37 Å². The molecule has 0 spiro atoms. The zero-order valence-corrected chi connectivity index (χ0v) is 10.9. The molecule has 0 fully saturated rings. The van der Waals surface area contributed by atoms with Crippen molar-refractivity contribution in [1.82, 2.24) is 10.3 Å². The van der Waals surface area contributed by atoms with Gasteiger partial charge in [-0.1, -0.05) is 0 Å². The summed E-state index contributed by atoms with van der Waals surface area (Å²) < 4.78 is 12.8. The number of benzene rings is 1. The smallest absolute Gasteiger partial charge is 0.252 e. The van der Waals surface area contributed by atoms with Gasteiger partial charge in [0, 0.05) is 17.1 Å². The molecule has 0 aliphatic carbocycles. The largest absolute Gasteiger partial charge is 0.341 e. The summed E-state index contributed by atoms with van der Waals surface area (Å²) in [5, 5.41) is 5.57. The van der Waals surface area contributed by atoms with Crippen LogP contribution in [0.5, 0.6) is 0 Å². The zero-order chi connectivity index (χ0) is 13.2. The summed E-state index contributed by atoms with van der Waals surface area (Å²) >= 11 is 1.48. The molecule has 0 aliphatic heterocycles. The van der Waals surface area contributed by atoms with Crippen LogP contribution in [0.3, 0.4) is 0 Å². The summed E-state index contributed by atoms with van der Waals surface area (Å²) in [4.78, 5) is 16.2. The summed E-state index contributed by atoms with van der Waals surface area (Å²) in [6.07, 6.45) is 1.70. The first-order valence-corrected chi connectivity index (χ1v) is 6.35. The SMILES string of the molecule is CC(C)(NC(=O)c1ccc(F)cc1)c1nccs1. The molecule has 3 nitrogen and oxygen atoms in total. The molecular formula is C13H13FN2OS. The van der Waals surface area contributed by atoms with Crippen LogP contribution < -0.4 is 5.32 Å². The topological polar surface area (TPSA) is 42.0 Å². The minimum atomic E-state index is -0.542.